The van der Waals surface area contributed by atoms with Gasteiger partial charge in [-0.2, -0.15) is 0 Å². The summed E-state index contributed by atoms with van der Waals surface area (Å²) in [5.41, 5.74) is 1.38. The topological polar surface area (TPSA) is 32.3 Å². The molecule has 2 nitrogen and oxygen atoms in total. The summed E-state index contributed by atoms with van der Waals surface area (Å²) in [4.78, 5) is 0. The molecule has 1 aromatic carbocycles. The molecule has 0 spiro atoms. The van der Waals surface area contributed by atoms with E-state index in [0.717, 1.165) is 12.3 Å². The molecule has 2 rings (SSSR count). The number of benzene rings is 1. The minimum absolute atomic E-state index is 0.215. The Labute approximate surface area is 117 Å². The summed E-state index contributed by atoms with van der Waals surface area (Å²) in [5.74, 6) is 0.719. The largest absolute Gasteiger partial charge is 0.395 e. The number of hydrogen-bond acceptors (Lipinski definition) is 2. The smallest absolute Gasteiger partial charge is 0.0584 e. The molecule has 1 aliphatic carbocycles. The van der Waals surface area contributed by atoms with E-state index in [1.807, 2.05) is 0 Å². The van der Waals surface area contributed by atoms with Gasteiger partial charge >= 0.3 is 0 Å². The Balaban J connectivity index is 2.12. The molecule has 2 atom stereocenters. The number of aliphatic hydroxyl groups is 1. The molecule has 1 fully saturated rings. The molecule has 19 heavy (non-hydrogen) atoms. The van der Waals surface area contributed by atoms with Crippen LogP contribution in [0.15, 0.2) is 30.3 Å². The minimum Gasteiger partial charge on any atom is -0.395 e. The van der Waals surface area contributed by atoms with Crippen LogP contribution in [0.3, 0.4) is 0 Å². The average molecular weight is 261 g/mol. The summed E-state index contributed by atoms with van der Waals surface area (Å²) in [6, 6.07) is 11.4. The van der Waals surface area contributed by atoms with E-state index in [0.29, 0.717) is 6.04 Å². The summed E-state index contributed by atoms with van der Waals surface area (Å²) in [7, 11) is 0. The number of rotatable bonds is 6. The molecule has 1 saturated carbocycles. The standard InChI is InChI=1S/C17H27NO/c1-2-16(13-19)18-17(14-9-5-3-6-10-14)15-11-7-4-8-12-15/h3,5-6,9-10,15-19H,2,4,7-8,11-13H2,1H3/t16-,17?/m0/s1. The van der Waals surface area contributed by atoms with E-state index in [4.69, 9.17) is 0 Å². The van der Waals surface area contributed by atoms with Crippen LogP contribution in [0.5, 0.6) is 0 Å². The quantitative estimate of drug-likeness (QED) is 0.819. The Morgan fingerprint density at radius 3 is 2.42 bits per heavy atom. The monoisotopic (exact) mass is 261 g/mol. The third-order valence-electron chi connectivity index (χ3n) is 4.41. The highest BCUT2D eigenvalue weighted by Crippen LogP contribution is 2.34. The van der Waals surface area contributed by atoms with Gasteiger partial charge in [0.15, 0.2) is 0 Å². The Morgan fingerprint density at radius 1 is 1.16 bits per heavy atom. The van der Waals surface area contributed by atoms with Crippen molar-refractivity contribution < 1.29 is 5.11 Å². The SMILES string of the molecule is CC[C@@H](CO)NC(c1ccccc1)C1CCCCC1. The van der Waals surface area contributed by atoms with Gasteiger partial charge in [0.2, 0.25) is 0 Å². The molecule has 106 valence electrons. The number of nitrogens with one attached hydrogen (secondary N) is 1. The van der Waals surface area contributed by atoms with Crippen LogP contribution in [0.1, 0.15) is 57.1 Å². The van der Waals surface area contributed by atoms with Gasteiger partial charge < -0.3 is 10.4 Å². The molecule has 1 aromatic rings. The van der Waals surface area contributed by atoms with Gasteiger partial charge in [-0.25, -0.2) is 0 Å². The van der Waals surface area contributed by atoms with E-state index < -0.39 is 0 Å². The predicted octanol–water partition coefficient (Wildman–Crippen LogP) is 3.67. The summed E-state index contributed by atoms with van der Waals surface area (Å²) >= 11 is 0. The second-order valence-electron chi connectivity index (χ2n) is 5.74. The van der Waals surface area contributed by atoms with Gasteiger partial charge in [0.1, 0.15) is 0 Å². The van der Waals surface area contributed by atoms with E-state index in [1.165, 1.54) is 37.7 Å². The van der Waals surface area contributed by atoms with Crippen molar-refractivity contribution in [2.45, 2.75) is 57.5 Å². The van der Waals surface area contributed by atoms with Crippen molar-refractivity contribution in [1.29, 1.82) is 0 Å². The van der Waals surface area contributed by atoms with Crippen LogP contribution in [0, 0.1) is 5.92 Å². The van der Waals surface area contributed by atoms with Crippen LogP contribution in [0.4, 0.5) is 0 Å². The zero-order valence-electron chi connectivity index (χ0n) is 12.0. The molecule has 1 aliphatic rings. The lowest BCUT2D eigenvalue weighted by Gasteiger charge is -2.34. The van der Waals surface area contributed by atoms with Crippen LogP contribution in [0.25, 0.3) is 0 Å². The highest BCUT2D eigenvalue weighted by atomic mass is 16.3. The summed E-state index contributed by atoms with van der Waals surface area (Å²) < 4.78 is 0. The molecule has 2 heteroatoms. The van der Waals surface area contributed by atoms with Gasteiger partial charge in [0.25, 0.3) is 0 Å². The van der Waals surface area contributed by atoms with Crippen molar-refractivity contribution in [3.8, 4) is 0 Å². The van der Waals surface area contributed by atoms with Crippen molar-refractivity contribution >= 4 is 0 Å². The lowest BCUT2D eigenvalue weighted by Crippen LogP contribution is -2.39. The van der Waals surface area contributed by atoms with Crippen molar-refractivity contribution in [1.82, 2.24) is 5.32 Å². The van der Waals surface area contributed by atoms with Gasteiger partial charge in [-0.3, -0.25) is 0 Å². The predicted molar refractivity (Wildman–Crippen MR) is 80.1 cm³/mol. The Hall–Kier alpha value is -0.860. The third-order valence-corrected chi connectivity index (χ3v) is 4.41. The van der Waals surface area contributed by atoms with Gasteiger partial charge in [0, 0.05) is 12.1 Å². The van der Waals surface area contributed by atoms with Crippen molar-refractivity contribution in [3.63, 3.8) is 0 Å². The molecule has 0 heterocycles. The number of hydrogen-bond donors (Lipinski definition) is 2. The first-order chi connectivity index (χ1) is 9.35. The molecule has 0 aromatic heterocycles. The molecular weight excluding hydrogens is 234 g/mol. The maximum atomic E-state index is 9.46. The second kappa shape index (κ2) is 7.66. The molecule has 0 saturated heterocycles. The first-order valence-electron chi connectivity index (χ1n) is 7.77. The lowest BCUT2D eigenvalue weighted by molar-refractivity contribution is 0.194. The summed E-state index contributed by atoms with van der Waals surface area (Å²) in [6.07, 6.45) is 7.70. The molecule has 2 N–H and O–H groups in total. The highest BCUT2D eigenvalue weighted by Gasteiger charge is 2.26. The molecule has 1 unspecified atom stereocenters. The van der Waals surface area contributed by atoms with E-state index in [2.05, 4.69) is 42.6 Å². The van der Waals surface area contributed by atoms with Gasteiger partial charge in [-0.1, -0.05) is 56.5 Å². The van der Waals surface area contributed by atoms with Gasteiger partial charge in [0.05, 0.1) is 6.61 Å². The van der Waals surface area contributed by atoms with E-state index in [1.54, 1.807) is 0 Å². The van der Waals surface area contributed by atoms with Crippen molar-refractivity contribution in [2.24, 2.45) is 5.92 Å². The normalized spacial score (nSPS) is 20.1. The van der Waals surface area contributed by atoms with Crippen LogP contribution in [0.2, 0.25) is 0 Å². The second-order valence-corrected chi connectivity index (χ2v) is 5.74. The average Bonchev–Trinajstić information content (AvgIpc) is 2.50. The Bertz CT molecular complexity index is 342. The highest BCUT2D eigenvalue weighted by molar-refractivity contribution is 5.20. The fraction of sp³-hybridized carbons (Fsp3) is 0.647. The Morgan fingerprint density at radius 2 is 1.84 bits per heavy atom. The number of aliphatic hydroxyl groups excluding tert-OH is 1. The third kappa shape index (κ3) is 4.05. The van der Waals surface area contributed by atoms with E-state index in [9.17, 15) is 5.11 Å². The van der Waals surface area contributed by atoms with Crippen LogP contribution >= 0.6 is 0 Å². The maximum absolute atomic E-state index is 9.46. The Kier molecular flexibility index (Phi) is 5.87. The molecule has 0 radical (unpaired) electrons. The molecular formula is C17H27NO. The zero-order valence-corrected chi connectivity index (χ0v) is 12.0. The van der Waals surface area contributed by atoms with E-state index >= 15 is 0 Å². The fourth-order valence-corrected chi connectivity index (χ4v) is 3.19. The van der Waals surface area contributed by atoms with Gasteiger partial charge in [-0.05, 0) is 30.7 Å². The molecule has 0 amide bonds. The summed E-state index contributed by atoms with van der Waals surface area (Å²) in [6.45, 7) is 2.36. The fourth-order valence-electron chi connectivity index (χ4n) is 3.19. The maximum Gasteiger partial charge on any atom is 0.0584 e. The zero-order chi connectivity index (χ0) is 13.5. The first kappa shape index (κ1) is 14.5. The van der Waals surface area contributed by atoms with Gasteiger partial charge in [-0.15, -0.1) is 0 Å². The molecule has 0 bridgehead atoms. The van der Waals surface area contributed by atoms with Crippen LogP contribution in [-0.4, -0.2) is 17.8 Å². The molecule has 0 aliphatic heterocycles. The summed E-state index contributed by atoms with van der Waals surface area (Å²) in [5, 5.41) is 13.1. The lowest BCUT2D eigenvalue weighted by atomic mass is 9.80. The first-order valence-corrected chi connectivity index (χ1v) is 7.77. The van der Waals surface area contributed by atoms with Crippen LogP contribution in [-0.2, 0) is 0 Å². The van der Waals surface area contributed by atoms with E-state index in [-0.39, 0.29) is 12.6 Å². The van der Waals surface area contributed by atoms with Crippen molar-refractivity contribution in [2.75, 3.05) is 6.61 Å². The minimum atomic E-state index is 0.215. The van der Waals surface area contributed by atoms with Crippen molar-refractivity contribution in [3.05, 3.63) is 35.9 Å². The van der Waals surface area contributed by atoms with Crippen LogP contribution < -0.4 is 5.32 Å².